The number of rotatable bonds is 6. The van der Waals surface area contributed by atoms with Crippen LogP contribution in [0.25, 0.3) is 5.65 Å². The zero-order valence-corrected chi connectivity index (χ0v) is 17.1. The van der Waals surface area contributed by atoms with Crippen LogP contribution in [0.4, 0.5) is 17.3 Å². The third-order valence-electron chi connectivity index (χ3n) is 4.36. The van der Waals surface area contributed by atoms with E-state index in [2.05, 4.69) is 68.6 Å². The van der Waals surface area contributed by atoms with Crippen LogP contribution < -0.4 is 4.90 Å². The highest BCUT2D eigenvalue weighted by molar-refractivity contribution is 5.53. The fourth-order valence-electron chi connectivity index (χ4n) is 2.92. The van der Waals surface area contributed by atoms with Crippen LogP contribution in [-0.4, -0.2) is 21.1 Å². The van der Waals surface area contributed by atoms with Gasteiger partial charge < -0.3 is 4.90 Å². The molecule has 0 saturated carbocycles. The zero-order chi connectivity index (χ0) is 20.5. The molecule has 0 aliphatic rings. The Morgan fingerprint density at radius 2 is 1.55 bits per heavy atom. The minimum Gasteiger partial charge on any atom is -0.367 e. The lowest BCUT2D eigenvalue weighted by Gasteiger charge is -2.23. The monoisotopic (exact) mass is 386 g/mol. The van der Waals surface area contributed by atoms with Crippen LogP contribution in [0.1, 0.15) is 26.3 Å². The maximum Gasteiger partial charge on any atom is 0.274 e. The van der Waals surface area contributed by atoms with Gasteiger partial charge in [0.1, 0.15) is 0 Å². The van der Waals surface area contributed by atoms with Crippen LogP contribution in [0.15, 0.2) is 89.2 Å². The fraction of sp³-hybridized carbons (Fsp3) is 0.217. The van der Waals surface area contributed by atoms with Crippen molar-refractivity contribution in [2.24, 2.45) is 10.2 Å². The molecule has 0 spiro atoms. The Hall–Kier alpha value is -3.54. The Bertz CT molecular complexity index is 1040. The number of anilines is 1. The van der Waals surface area contributed by atoms with Crippen LogP contribution in [-0.2, 0) is 6.54 Å². The first-order chi connectivity index (χ1) is 14.3. The van der Waals surface area contributed by atoms with E-state index >= 15 is 0 Å². The van der Waals surface area contributed by atoms with Gasteiger partial charge in [-0.15, -0.1) is 20.4 Å². The summed E-state index contributed by atoms with van der Waals surface area (Å²) in [5.74, 6) is 0.467. The average molecular weight is 387 g/mol. The lowest BCUT2D eigenvalue weighted by Crippen LogP contribution is -2.21. The van der Waals surface area contributed by atoms with E-state index in [0.717, 1.165) is 30.1 Å². The maximum atomic E-state index is 4.29. The van der Waals surface area contributed by atoms with Gasteiger partial charge in [-0.25, -0.2) is 0 Å². The molecule has 0 radical (unpaired) electrons. The standard InChI is InChI=1S/C21H20N6.C2H6/c1-2-26(16-17-8-4-3-5-9-17)19-13-11-18(12-14-19)22-24-21-25-23-20-10-6-7-15-27(20)21;1-2/h3-15H,2,16H2,1H3;1-2H3. The third-order valence-corrected chi connectivity index (χ3v) is 4.36. The van der Waals surface area contributed by atoms with Gasteiger partial charge in [0.25, 0.3) is 5.95 Å². The Morgan fingerprint density at radius 3 is 2.28 bits per heavy atom. The van der Waals surface area contributed by atoms with Crippen molar-refractivity contribution in [1.82, 2.24) is 14.6 Å². The van der Waals surface area contributed by atoms with Crippen molar-refractivity contribution >= 4 is 23.0 Å². The normalized spacial score (nSPS) is 10.7. The number of pyridine rings is 1. The Labute approximate surface area is 171 Å². The maximum absolute atomic E-state index is 4.29. The molecule has 0 atom stereocenters. The molecule has 0 N–H and O–H groups in total. The second-order valence-electron chi connectivity index (χ2n) is 6.15. The third kappa shape index (κ3) is 5.04. The summed E-state index contributed by atoms with van der Waals surface area (Å²) in [5.41, 5.74) is 3.98. The summed E-state index contributed by atoms with van der Waals surface area (Å²) in [6.45, 7) is 7.97. The smallest absolute Gasteiger partial charge is 0.274 e. The lowest BCUT2D eigenvalue weighted by atomic mass is 10.2. The van der Waals surface area contributed by atoms with Crippen molar-refractivity contribution in [3.63, 3.8) is 0 Å². The van der Waals surface area contributed by atoms with Crippen LogP contribution in [0, 0.1) is 0 Å². The molecular weight excluding hydrogens is 360 g/mol. The summed E-state index contributed by atoms with van der Waals surface area (Å²) in [6, 6.07) is 24.3. The van der Waals surface area contributed by atoms with Crippen molar-refractivity contribution in [3.8, 4) is 0 Å². The number of fused-ring (bicyclic) bond motifs is 1. The molecule has 2 aromatic heterocycles. The molecule has 4 rings (SSSR count). The summed E-state index contributed by atoms with van der Waals surface area (Å²) in [7, 11) is 0. The van der Waals surface area contributed by atoms with Gasteiger partial charge in [0.05, 0.1) is 5.69 Å². The second kappa shape index (κ2) is 10.1. The van der Waals surface area contributed by atoms with E-state index < -0.39 is 0 Å². The van der Waals surface area contributed by atoms with Crippen LogP contribution >= 0.6 is 0 Å². The first kappa shape index (κ1) is 20.2. The molecule has 0 aliphatic heterocycles. The molecular formula is C23H26N6. The minimum absolute atomic E-state index is 0.467. The van der Waals surface area contributed by atoms with Gasteiger partial charge in [0, 0.05) is 25.0 Å². The summed E-state index contributed by atoms with van der Waals surface area (Å²) >= 11 is 0. The quantitative estimate of drug-likeness (QED) is 0.371. The van der Waals surface area contributed by atoms with Crippen LogP contribution in [0.2, 0.25) is 0 Å². The minimum atomic E-state index is 0.467. The molecule has 0 unspecified atom stereocenters. The van der Waals surface area contributed by atoms with E-state index in [9.17, 15) is 0 Å². The highest BCUT2D eigenvalue weighted by Crippen LogP contribution is 2.23. The van der Waals surface area contributed by atoms with Crippen LogP contribution in [0.5, 0.6) is 0 Å². The molecule has 0 bridgehead atoms. The van der Waals surface area contributed by atoms with E-state index in [1.807, 2.05) is 56.4 Å². The molecule has 6 nitrogen and oxygen atoms in total. The van der Waals surface area contributed by atoms with E-state index in [1.165, 1.54) is 5.56 Å². The molecule has 2 heterocycles. The van der Waals surface area contributed by atoms with E-state index in [0.29, 0.717) is 5.95 Å². The molecule has 148 valence electrons. The van der Waals surface area contributed by atoms with E-state index in [1.54, 1.807) is 4.40 Å². The van der Waals surface area contributed by atoms with Crippen molar-refractivity contribution < 1.29 is 0 Å². The first-order valence-electron chi connectivity index (χ1n) is 9.94. The first-order valence-corrected chi connectivity index (χ1v) is 9.94. The highest BCUT2D eigenvalue weighted by Gasteiger charge is 2.06. The summed E-state index contributed by atoms with van der Waals surface area (Å²) in [5, 5.41) is 16.7. The van der Waals surface area contributed by atoms with Crippen LogP contribution in [0.3, 0.4) is 0 Å². The number of azo groups is 1. The SMILES string of the molecule is CC.CCN(Cc1ccccc1)c1ccc(N=Nc2nnc3ccccn23)cc1. The second-order valence-corrected chi connectivity index (χ2v) is 6.15. The van der Waals surface area contributed by atoms with Gasteiger partial charge in [-0.3, -0.25) is 4.40 Å². The largest absolute Gasteiger partial charge is 0.367 e. The molecule has 6 heteroatoms. The summed E-state index contributed by atoms with van der Waals surface area (Å²) in [4.78, 5) is 2.32. The topological polar surface area (TPSA) is 58.2 Å². The van der Waals surface area contributed by atoms with Crippen molar-refractivity contribution in [2.75, 3.05) is 11.4 Å². The van der Waals surface area contributed by atoms with Crippen molar-refractivity contribution in [3.05, 3.63) is 84.6 Å². The van der Waals surface area contributed by atoms with Gasteiger partial charge in [-0.1, -0.05) is 50.2 Å². The van der Waals surface area contributed by atoms with Gasteiger partial charge in [-0.2, -0.15) is 0 Å². The number of benzene rings is 2. The molecule has 4 aromatic rings. The van der Waals surface area contributed by atoms with Crippen molar-refractivity contribution in [1.29, 1.82) is 0 Å². The molecule has 0 saturated heterocycles. The zero-order valence-electron chi connectivity index (χ0n) is 17.1. The molecule has 0 amide bonds. The van der Waals surface area contributed by atoms with Crippen molar-refractivity contribution in [2.45, 2.75) is 27.3 Å². The Kier molecular flexibility index (Phi) is 7.05. The number of nitrogens with zero attached hydrogens (tertiary/aromatic N) is 6. The lowest BCUT2D eigenvalue weighted by molar-refractivity contribution is 0.832. The Morgan fingerprint density at radius 1 is 0.828 bits per heavy atom. The Balaban J connectivity index is 0.00000117. The predicted molar refractivity (Wildman–Crippen MR) is 118 cm³/mol. The number of hydrogen-bond acceptors (Lipinski definition) is 5. The van der Waals surface area contributed by atoms with Gasteiger partial charge >= 0.3 is 0 Å². The summed E-state index contributed by atoms with van der Waals surface area (Å²) < 4.78 is 1.80. The molecule has 0 fully saturated rings. The molecule has 29 heavy (non-hydrogen) atoms. The highest BCUT2D eigenvalue weighted by atomic mass is 15.3. The summed E-state index contributed by atoms with van der Waals surface area (Å²) in [6.07, 6.45) is 1.87. The fourth-order valence-corrected chi connectivity index (χ4v) is 2.92. The van der Waals surface area contributed by atoms with E-state index in [-0.39, 0.29) is 0 Å². The average Bonchev–Trinajstić information content (AvgIpc) is 3.22. The predicted octanol–water partition coefficient (Wildman–Crippen LogP) is 6.20. The number of hydrogen-bond donors (Lipinski definition) is 0. The van der Waals surface area contributed by atoms with Gasteiger partial charge in [0.15, 0.2) is 5.65 Å². The molecule has 0 aliphatic carbocycles. The van der Waals surface area contributed by atoms with Gasteiger partial charge in [-0.05, 0) is 48.9 Å². The van der Waals surface area contributed by atoms with E-state index in [4.69, 9.17) is 0 Å². The van der Waals surface area contributed by atoms with Gasteiger partial charge in [0.2, 0.25) is 0 Å². The number of aromatic nitrogens is 3. The molecule has 2 aromatic carbocycles.